The first-order valence-electron chi connectivity index (χ1n) is 10.7. The molecule has 0 N–H and O–H groups in total. The molecule has 2 aliphatic heterocycles. The summed E-state index contributed by atoms with van der Waals surface area (Å²) in [6.45, 7) is 5.21. The number of aliphatic imine (C=N–C) groups is 1. The van der Waals surface area contributed by atoms with Crippen LogP contribution >= 0.6 is 0 Å². The van der Waals surface area contributed by atoms with Crippen molar-refractivity contribution in [2.75, 3.05) is 18.5 Å². The minimum Gasteiger partial charge on any atom is -0.373 e. The molecule has 1 aliphatic carbocycles. The summed E-state index contributed by atoms with van der Waals surface area (Å²) in [5.41, 5.74) is 1.43. The van der Waals surface area contributed by atoms with E-state index in [4.69, 9.17) is 9.97 Å². The Hall–Kier alpha value is -3.56. The highest BCUT2D eigenvalue weighted by Gasteiger charge is 2.49. The second-order valence-electron chi connectivity index (χ2n) is 8.52. The Balaban J connectivity index is 1.51. The maximum Gasteiger partial charge on any atom is 0.237 e. The first-order chi connectivity index (χ1) is 15.1. The van der Waals surface area contributed by atoms with E-state index in [1.54, 1.807) is 12.5 Å². The molecule has 10 nitrogen and oxygen atoms in total. The van der Waals surface area contributed by atoms with E-state index >= 15 is 0 Å². The van der Waals surface area contributed by atoms with Gasteiger partial charge in [-0.2, -0.15) is 4.98 Å². The average molecular weight is 416 g/mol. The van der Waals surface area contributed by atoms with Crippen molar-refractivity contribution in [3.05, 3.63) is 42.8 Å². The maximum absolute atomic E-state index is 5.06. The number of aromatic nitrogens is 7. The smallest absolute Gasteiger partial charge is 0.237 e. The number of anilines is 1. The van der Waals surface area contributed by atoms with Crippen LogP contribution in [-0.2, 0) is 5.54 Å². The van der Waals surface area contributed by atoms with Gasteiger partial charge in [0, 0.05) is 37.9 Å². The molecule has 0 radical (unpaired) electrons. The van der Waals surface area contributed by atoms with Crippen LogP contribution in [0.5, 0.6) is 0 Å². The third-order valence-electron chi connectivity index (χ3n) is 6.41. The Morgan fingerprint density at radius 1 is 1.19 bits per heavy atom. The summed E-state index contributed by atoms with van der Waals surface area (Å²) in [5, 5.41) is 8.67. The Morgan fingerprint density at radius 3 is 2.84 bits per heavy atom. The molecule has 6 rings (SSSR count). The van der Waals surface area contributed by atoms with Gasteiger partial charge in [-0.3, -0.25) is 14.1 Å². The quantitative estimate of drug-likeness (QED) is 0.643. The van der Waals surface area contributed by atoms with E-state index in [1.165, 1.54) is 0 Å². The first kappa shape index (κ1) is 18.2. The number of imidazole rings is 1. The van der Waals surface area contributed by atoms with Crippen molar-refractivity contribution >= 4 is 17.7 Å². The van der Waals surface area contributed by atoms with E-state index < -0.39 is 0 Å². The van der Waals surface area contributed by atoms with Crippen molar-refractivity contribution in [1.82, 2.24) is 39.2 Å². The Morgan fingerprint density at radius 2 is 2.06 bits per heavy atom. The molecular weight excluding hydrogens is 392 g/mol. The van der Waals surface area contributed by atoms with Crippen molar-refractivity contribution in [1.29, 1.82) is 0 Å². The third kappa shape index (κ3) is 2.63. The second kappa shape index (κ2) is 6.47. The predicted molar refractivity (Wildman–Crippen MR) is 116 cm³/mol. The van der Waals surface area contributed by atoms with Crippen LogP contribution in [0.1, 0.15) is 44.8 Å². The zero-order valence-corrected chi connectivity index (χ0v) is 17.8. The standard InChI is InChI=1S/C21H24N10/c1-4-21(2)19-27-25-13-30(19)16-11-24-20(26-18(16)31(21)14-5-6-14)29-10-8-23-17(29)15-12-28(3)9-7-22-15/h7-8,10-14H,4-6,9H2,1-3H3/t21-/m1/s1. The van der Waals surface area contributed by atoms with Crippen molar-refractivity contribution in [2.24, 2.45) is 4.99 Å². The van der Waals surface area contributed by atoms with Gasteiger partial charge in [-0.25, -0.2) is 9.97 Å². The van der Waals surface area contributed by atoms with Crippen LogP contribution in [0, 0.1) is 0 Å². The number of rotatable bonds is 4. The molecule has 5 heterocycles. The molecule has 0 unspecified atom stereocenters. The Bertz CT molecular complexity index is 1220. The Labute approximate surface area is 180 Å². The minimum atomic E-state index is -0.271. The molecule has 1 atom stereocenters. The van der Waals surface area contributed by atoms with E-state index in [0.717, 1.165) is 54.7 Å². The van der Waals surface area contributed by atoms with Gasteiger partial charge in [0.05, 0.1) is 18.3 Å². The summed E-state index contributed by atoms with van der Waals surface area (Å²) in [7, 11) is 2.02. The highest BCUT2D eigenvalue weighted by molar-refractivity contribution is 5.75. The lowest BCUT2D eigenvalue weighted by Crippen LogP contribution is -2.50. The molecular formula is C21H24N10. The molecule has 10 heteroatoms. The molecule has 0 aromatic carbocycles. The topological polar surface area (TPSA) is 93.1 Å². The molecule has 1 saturated carbocycles. The van der Waals surface area contributed by atoms with Gasteiger partial charge in [-0.1, -0.05) is 6.92 Å². The molecule has 3 aromatic rings. The molecule has 1 fully saturated rings. The van der Waals surface area contributed by atoms with E-state index in [0.29, 0.717) is 12.0 Å². The first-order valence-corrected chi connectivity index (χ1v) is 10.7. The molecule has 0 saturated heterocycles. The van der Waals surface area contributed by atoms with Crippen molar-refractivity contribution < 1.29 is 0 Å². The van der Waals surface area contributed by atoms with Gasteiger partial charge in [0.15, 0.2) is 17.5 Å². The van der Waals surface area contributed by atoms with Crippen LogP contribution in [0.25, 0.3) is 17.3 Å². The number of hydrogen-bond donors (Lipinski definition) is 0. The fourth-order valence-corrected chi connectivity index (χ4v) is 4.51. The van der Waals surface area contributed by atoms with E-state index in [9.17, 15) is 0 Å². The minimum absolute atomic E-state index is 0.271. The SMILES string of the molecule is CC[C@]1(C)c2nncn2-c2cnc(-n3ccnc3C3=CN(C)CC=N3)nc2N1C1CC1. The maximum atomic E-state index is 5.06. The lowest BCUT2D eigenvalue weighted by Gasteiger charge is -2.45. The molecule has 0 amide bonds. The third-order valence-corrected chi connectivity index (χ3v) is 6.41. The van der Waals surface area contributed by atoms with E-state index in [-0.39, 0.29) is 5.54 Å². The predicted octanol–water partition coefficient (Wildman–Crippen LogP) is 2.17. The Kier molecular flexibility index (Phi) is 3.80. The van der Waals surface area contributed by atoms with Crippen molar-refractivity contribution in [2.45, 2.75) is 44.7 Å². The van der Waals surface area contributed by atoms with Crippen LogP contribution < -0.4 is 4.90 Å². The zero-order chi connectivity index (χ0) is 21.2. The number of hydrogen-bond acceptors (Lipinski definition) is 8. The molecule has 31 heavy (non-hydrogen) atoms. The van der Waals surface area contributed by atoms with Gasteiger partial charge in [0.1, 0.15) is 17.7 Å². The molecule has 0 spiro atoms. The van der Waals surface area contributed by atoms with Gasteiger partial charge in [0.25, 0.3) is 0 Å². The number of fused-ring (bicyclic) bond motifs is 3. The monoisotopic (exact) mass is 416 g/mol. The summed E-state index contributed by atoms with van der Waals surface area (Å²) in [4.78, 5) is 23.3. The molecule has 0 bridgehead atoms. The average Bonchev–Trinajstić information content (AvgIpc) is 3.27. The van der Waals surface area contributed by atoms with Crippen LogP contribution in [0.15, 0.2) is 36.1 Å². The van der Waals surface area contributed by atoms with Gasteiger partial charge < -0.3 is 9.80 Å². The zero-order valence-electron chi connectivity index (χ0n) is 17.8. The fourth-order valence-electron chi connectivity index (χ4n) is 4.51. The van der Waals surface area contributed by atoms with Crippen LogP contribution in [-0.4, -0.2) is 65.0 Å². The van der Waals surface area contributed by atoms with Crippen molar-refractivity contribution in [3.63, 3.8) is 0 Å². The van der Waals surface area contributed by atoms with E-state index in [1.807, 2.05) is 41.0 Å². The highest BCUT2D eigenvalue weighted by Crippen LogP contribution is 2.48. The fraction of sp³-hybridized carbons (Fsp3) is 0.429. The summed E-state index contributed by atoms with van der Waals surface area (Å²) in [6, 6.07) is 0.457. The normalized spacial score (nSPS) is 22.4. The van der Waals surface area contributed by atoms with Crippen LogP contribution in [0.3, 0.4) is 0 Å². The second-order valence-corrected chi connectivity index (χ2v) is 8.52. The van der Waals surface area contributed by atoms with Crippen LogP contribution in [0.2, 0.25) is 0 Å². The lowest BCUT2D eigenvalue weighted by molar-refractivity contribution is 0.372. The molecule has 3 aliphatic rings. The van der Waals surface area contributed by atoms with Gasteiger partial charge in [0.2, 0.25) is 5.95 Å². The summed E-state index contributed by atoms with van der Waals surface area (Å²) in [6.07, 6.45) is 14.4. The lowest BCUT2D eigenvalue weighted by atomic mass is 9.92. The number of nitrogens with zero attached hydrogens (tertiary/aromatic N) is 10. The summed E-state index contributed by atoms with van der Waals surface area (Å²) < 4.78 is 3.93. The van der Waals surface area contributed by atoms with E-state index in [2.05, 4.69) is 43.8 Å². The van der Waals surface area contributed by atoms with Gasteiger partial charge >= 0.3 is 0 Å². The molecule has 158 valence electrons. The summed E-state index contributed by atoms with van der Waals surface area (Å²) >= 11 is 0. The van der Waals surface area contributed by atoms with Gasteiger partial charge in [-0.05, 0) is 26.2 Å². The molecule has 3 aromatic heterocycles. The highest BCUT2D eigenvalue weighted by atomic mass is 15.4. The largest absolute Gasteiger partial charge is 0.373 e. The van der Waals surface area contributed by atoms with Crippen molar-refractivity contribution in [3.8, 4) is 11.6 Å². The summed E-state index contributed by atoms with van der Waals surface area (Å²) in [5.74, 6) is 3.16. The van der Waals surface area contributed by atoms with Gasteiger partial charge in [-0.15, -0.1) is 10.2 Å². The van der Waals surface area contributed by atoms with Crippen LogP contribution in [0.4, 0.5) is 5.82 Å².